The van der Waals surface area contributed by atoms with E-state index < -0.39 is 0 Å². The van der Waals surface area contributed by atoms with Gasteiger partial charge in [0.25, 0.3) is 0 Å². The Hall–Kier alpha value is -2.10. The first kappa shape index (κ1) is 15.4. The van der Waals surface area contributed by atoms with Crippen molar-refractivity contribution in [2.24, 2.45) is 0 Å². The van der Waals surface area contributed by atoms with Gasteiger partial charge < -0.3 is 9.73 Å². The van der Waals surface area contributed by atoms with E-state index in [1.54, 1.807) is 0 Å². The molecule has 3 nitrogen and oxygen atoms in total. The van der Waals surface area contributed by atoms with Crippen molar-refractivity contribution in [3.05, 3.63) is 72.0 Å². The molecule has 1 unspecified atom stereocenters. The van der Waals surface area contributed by atoms with Gasteiger partial charge >= 0.3 is 0 Å². The summed E-state index contributed by atoms with van der Waals surface area (Å²) in [7, 11) is 0. The summed E-state index contributed by atoms with van der Waals surface area (Å²) in [6.07, 6.45) is 2.62. The number of benzene rings is 2. The Kier molecular flexibility index (Phi) is 4.63. The number of fused-ring (bicyclic) bond motifs is 1. The summed E-state index contributed by atoms with van der Waals surface area (Å²) >= 11 is 0. The van der Waals surface area contributed by atoms with Crippen LogP contribution in [0, 0.1) is 0 Å². The molecular weight excluding hydrogens is 296 g/mol. The van der Waals surface area contributed by atoms with Crippen LogP contribution in [0.5, 0.6) is 0 Å². The Morgan fingerprint density at radius 2 is 1.71 bits per heavy atom. The summed E-state index contributed by atoms with van der Waals surface area (Å²) < 4.78 is 5.90. The van der Waals surface area contributed by atoms with Crippen molar-refractivity contribution in [1.29, 1.82) is 0 Å². The highest BCUT2D eigenvalue weighted by molar-refractivity contribution is 5.77. The molecule has 1 N–H and O–H groups in total. The maximum atomic E-state index is 5.90. The average molecular weight is 320 g/mol. The van der Waals surface area contributed by atoms with Crippen molar-refractivity contribution in [2.45, 2.75) is 25.4 Å². The molecule has 0 bridgehead atoms. The molecule has 0 spiro atoms. The Labute approximate surface area is 143 Å². The van der Waals surface area contributed by atoms with Crippen LogP contribution >= 0.6 is 0 Å². The van der Waals surface area contributed by atoms with E-state index >= 15 is 0 Å². The molecule has 124 valence electrons. The molecule has 1 atom stereocenters. The van der Waals surface area contributed by atoms with Crippen LogP contribution in [-0.4, -0.2) is 24.5 Å². The first-order valence-corrected chi connectivity index (χ1v) is 8.87. The predicted octanol–water partition coefficient (Wildman–Crippen LogP) is 4.36. The van der Waals surface area contributed by atoms with Crippen molar-refractivity contribution < 1.29 is 4.42 Å². The quantitative estimate of drug-likeness (QED) is 0.731. The molecule has 3 heteroatoms. The van der Waals surface area contributed by atoms with Gasteiger partial charge in [-0.2, -0.15) is 0 Å². The van der Waals surface area contributed by atoms with E-state index in [4.69, 9.17) is 4.42 Å². The third-order valence-corrected chi connectivity index (χ3v) is 4.88. The van der Waals surface area contributed by atoms with Crippen LogP contribution < -0.4 is 5.32 Å². The average Bonchev–Trinajstić information content (AvgIpc) is 3.28. The van der Waals surface area contributed by atoms with Crippen molar-refractivity contribution in [1.82, 2.24) is 10.2 Å². The Morgan fingerprint density at radius 1 is 0.958 bits per heavy atom. The van der Waals surface area contributed by atoms with Gasteiger partial charge in [-0.15, -0.1) is 0 Å². The molecule has 0 saturated carbocycles. The third-order valence-electron chi connectivity index (χ3n) is 4.88. The number of nitrogens with one attached hydrogen (secondary N) is 1. The van der Waals surface area contributed by atoms with Crippen LogP contribution in [0.2, 0.25) is 0 Å². The van der Waals surface area contributed by atoms with Crippen LogP contribution in [-0.2, 0) is 6.54 Å². The van der Waals surface area contributed by atoms with E-state index in [9.17, 15) is 0 Å². The van der Waals surface area contributed by atoms with Crippen LogP contribution in [0.4, 0.5) is 0 Å². The van der Waals surface area contributed by atoms with E-state index in [1.807, 2.05) is 18.2 Å². The molecule has 1 aliphatic heterocycles. The molecule has 1 saturated heterocycles. The second kappa shape index (κ2) is 7.20. The molecule has 0 aliphatic carbocycles. The van der Waals surface area contributed by atoms with Crippen LogP contribution in [0.1, 0.15) is 30.2 Å². The SMILES string of the molecule is c1ccc(C(CNCc2cc3ccccc3o2)N2CCCC2)cc1. The highest BCUT2D eigenvalue weighted by Gasteiger charge is 2.23. The van der Waals surface area contributed by atoms with Crippen LogP contribution in [0.25, 0.3) is 11.0 Å². The van der Waals surface area contributed by atoms with E-state index in [0.717, 1.165) is 24.4 Å². The molecule has 24 heavy (non-hydrogen) atoms. The van der Waals surface area contributed by atoms with E-state index in [-0.39, 0.29) is 0 Å². The van der Waals surface area contributed by atoms with Crippen molar-refractivity contribution in [3.63, 3.8) is 0 Å². The number of nitrogens with zero attached hydrogens (tertiary/aromatic N) is 1. The molecular formula is C21H24N2O. The summed E-state index contributed by atoms with van der Waals surface area (Å²) in [6, 6.07) is 21.6. The molecule has 1 fully saturated rings. The topological polar surface area (TPSA) is 28.4 Å². The summed E-state index contributed by atoms with van der Waals surface area (Å²) in [5.41, 5.74) is 2.37. The lowest BCUT2D eigenvalue weighted by Crippen LogP contribution is -2.33. The minimum absolute atomic E-state index is 0.443. The third kappa shape index (κ3) is 3.37. The van der Waals surface area contributed by atoms with Crippen molar-refractivity contribution in [3.8, 4) is 0 Å². The standard InChI is InChI=1S/C21H24N2O/c1-2-8-17(9-3-1)20(23-12-6-7-13-23)16-22-15-19-14-18-10-4-5-11-21(18)24-19/h1-5,8-11,14,20,22H,6-7,12-13,15-16H2. The van der Waals surface area contributed by atoms with Gasteiger partial charge in [0.1, 0.15) is 11.3 Å². The lowest BCUT2D eigenvalue weighted by Gasteiger charge is -2.28. The predicted molar refractivity (Wildman–Crippen MR) is 97.9 cm³/mol. The molecule has 2 heterocycles. The first-order valence-electron chi connectivity index (χ1n) is 8.87. The number of para-hydroxylation sites is 1. The lowest BCUT2D eigenvalue weighted by atomic mass is 10.1. The van der Waals surface area contributed by atoms with Gasteiger partial charge in [0.05, 0.1) is 6.54 Å². The molecule has 0 radical (unpaired) electrons. The van der Waals surface area contributed by atoms with Gasteiger partial charge in [-0.1, -0.05) is 48.5 Å². The zero-order valence-electron chi connectivity index (χ0n) is 13.9. The summed E-state index contributed by atoms with van der Waals surface area (Å²) in [5, 5.41) is 4.78. The minimum atomic E-state index is 0.443. The molecule has 0 amide bonds. The largest absolute Gasteiger partial charge is 0.460 e. The van der Waals surface area contributed by atoms with Gasteiger partial charge in [0, 0.05) is 18.0 Å². The molecule has 1 aliphatic rings. The second-order valence-electron chi connectivity index (χ2n) is 6.55. The number of rotatable bonds is 6. The Balaban J connectivity index is 1.43. The van der Waals surface area contributed by atoms with Crippen LogP contribution in [0.15, 0.2) is 65.1 Å². The zero-order chi connectivity index (χ0) is 16.2. The highest BCUT2D eigenvalue weighted by Crippen LogP contribution is 2.25. The maximum Gasteiger partial charge on any atom is 0.134 e. The summed E-state index contributed by atoms with van der Waals surface area (Å²) in [5.74, 6) is 1.00. The number of hydrogen-bond acceptors (Lipinski definition) is 3. The molecule has 4 rings (SSSR count). The number of likely N-dealkylation sites (tertiary alicyclic amines) is 1. The Bertz CT molecular complexity index is 742. The minimum Gasteiger partial charge on any atom is -0.460 e. The fourth-order valence-corrected chi connectivity index (χ4v) is 3.64. The summed E-state index contributed by atoms with van der Waals surface area (Å²) in [6.45, 7) is 4.12. The fraction of sp³-hybridized carbons (Fsp3) is 0.333. The first-order chi connectivity index (χ1) is 11.9. The van der Waals surface area contributed by atoms with Crippen LogP contribution in [0.3, 0.4) is 0 Å². The van der Waals surface area contributed by atoms with Crippen molar-refractivity contribution >= 4 is 11.0 Å². The smallest absolute Gasteiger partial charge is 0.134 e. The van der Waals surface area contributed by atoms with Gasteiger partial charge in [0.15, 0.2) is 0 Å². The number of hydrogen-bond donors (Lipinski definition) is 1. The normalized spacial score (nSPS) is 16.7. The lowest BCUT2D eigenvalue weighted by molar-refractivity contribution is 0.237. The molecule has 1 aromatic heterocycles. The van der Waals surface area contributed by atoms with Gasteiger partial charge in [-0.3, -0.25) is 4.90 Å². The van der Waals surface area contributed by atoms with E-state index in [0.29, 0.717) is 6.04 Å². The highest BCUT2D eigenvalue weighted by atomic mass is 16.3. The number of furan rings is 1. The van der Waals surface area contributed by atoms with E-state index in [2.05, 4.69) is 52.7 Å². The van der Waals surface area contributed by atoms with Gasteiger partial charge in [-0.05, 0) is 43.6 Å². The monoisotopic (exact) mass is 320 g/mol. The molecule has 3 aromatic rings. The second-order valence-corrected chi connectivity index (χ2v) is 6.55. The molecule has 2 aromatic carbocycles. The van der Waals surface area contributed by atoms with E-state index in [1.165, 1.54) is 36.9 Å². The van der Waals surface area contributed by atoms with Crippen molar-refractivity contribution in [2.75, 3.05) is 19.6 Å². The maximum absolute atomic E-state index is 5.90. The summed E-state index contributed by atoms with van der Waals surface area (Å²) in [4.78, 5) is 2.60. The van der Waals surface area contributed by atoms with Gasteiger partial charge in [0.2, 0.25) is 0 Å². The Morgan fingerprint density at radius 3 is 2.50 bits per heavy atom. The fourth-order valence-electron chi connectivity index (χ4n) is 3.64. The zero-order valence-corrected chi connectivity index (χ0v) is 13.9. The van der Waals surface area contributed by atoms with Gasteiger partial charge in [-0.25, -0.2) is 0 Å².